The summed E-state index contributed by atoms with van der Waals surface area (Å²) in [5, 5.41) is 0.521. The lowest BCUT2D eigenvalue weighted by Gasteiger charge is -2.27. The number of furan rings is 1. The summed E-state index contributed by atoms with van der Waals surface area (Å²) in [7, 11) is 0. The van der Waals surface area contributed by atoms with Gasteiger partial charge in [0, 0.05) is 10.9 Å². The molecule has 3 amide bonds. The molecule has 1 aromatic carbocycles. The van der Waals surface area contributed by atoms with Gasteiger partial charge in [-0.15, -0.1) is 0 Å². The van der Waals surface area contributed by atoms with Crippen molar-refractivity contribution in [3.05, 3.63) is 53.4 Å². The number of nitrogens with zero attached hydrogens (tertiary/aromatic N) is 2. The Balaban J connectivity index is 1.61. The topological polar surface area (TPSA) is 70.8 Å². The molecule has 6 nitrogen and oxygen atoms in total. The Morgan fingerprint density at radius 2 is 1.92 bits per heavy atom. The Morgan fingerprint density at radius 3 is 2.54 bits per heavy atom. The molecule has 1 saturated heterocycles. The van der Waals surface area contributed by atoms with E-state index < -0.39 is 11.9 Å². The SMILES string of the molecule is O=C1CC(N(Cc2ccco2)C(=O)C2CC2)C(=O)N1c1ccc(Cl)cc1. The van der Waals surface area contributed by atoms with Crippen LogP contribution in [-0.4, -0.2) is 28.7 Å². The van der Waals surface area contributed by atoms with E-state index in [2.05, 4.69) is 0 Å². The second-order valence-electron chi connectivity index (χ2n) is 6.58. The third kappa shape index (κ3) is 3.12. The van der Waals surface area contributed by atoms with Gasteiger partial charge >= 0.3 is 0 Å². The van der Waals surface area contributed by atoms with Gasteiger partial charge in [0.05, 0.1) is 24.9 Å². The minimum Gasteiger partial charge on any atom is -0.467 e. The highest BCUT2D eigenvalue weighted by Crippen LogP contribution is 2.35. The molecule has 0 bridgehead atoms. The number of amides is 3. The number of rotatable bonds is 5. The molecule has 0 radical (unpaired) electrons. The van der Waals surface area contributed by atoms with Gasteiger partial charge in [0.25, 0.3) is 5.91 Å². The fourth-order valence-electron chi connectivity index (χ4n) is 3.20. The van der Waals surface area contributed by atoms with E-state index in [-0.39, 0.29) is 30.7 Å². The molecule has 2 aliphatic rings. The molecule has 1 atom stereocenters. The van der Waals surface area contributed by atoms with Crippen LogP contribution < -0.4 is 4.90 Å². The smallest absolute Gasteiger partial charge is 0.257 e. The van der Waals surface area contributed by atoms with Crippen molar-refractivity contribution in [2.24, 2.45) is 5.92 Å². The Kier molecular flexibility index (Phi) is 4.28. The van der Waals surface area contributed by atoms with Gasteiger partial charge in [0.2, 0.25) is 11.8 Å². The van der Waals surface area contributed by atoms with Crippen LogP contribution >= 0.6 is 11.6 Å². The third-order valence-electron chi connectivity index (χ3n) is 4.70. The maximum Gasteiger partial charge on any atom is 0.257 e. The van der Waals surface area contributed by atoms with E-state index in [9.17, 15) is 14.4 Å². The van der Waals surface area contributed by atoms with Crippen LogP contribution in [0.2, 0.25) is 5.02 Å². The zero-order valence-electron chi connectivity index (χ0n) is 13.9. The van der Waals surface area contributed by atoms with Crippen molar-refractivity contribution in [1.29, 1.82) is 0 Å². The van der Waals surface area contributed by atoms with Crippen LogP contribution in [-0.2, 0) is 20.9 Å². The summed E-state index contributed by atoms with van der Waals surface area (Å²) in [4.78, 5) is 40.8. The standard InChI is InChI=1S/C19H17ClN2O4/c20-13-5-7-14(8-6-13)22-17(23)10-16(19(22)25)21(18(24)12-3-4-12)11-15-2-1-9-26-15/h1-2,5-9,12,16H,3-4,10-11H2. The second kappa shape index (κ2) is 6.61. The van der Waals surface area contributed by atoms with Crippen molar-refractivity contribution in [2.45, 2.75) is 31.8 Å². The number of imide groups is 1. The Labute approximate surface area is 155 Å². The van der Waals surface area contributed by atoms with Crippen LogP contribution in [0.4, 0.5) is 5.69 Å². The van der Waals surface area contributed by atoms with E-state index in [1.54, 1.807) is 36.4 Å². The van der Waals surface area contributed by atoms with Crippen LogP contribution in [0.25, 0.3) is 0 Å². The molecule has 26 heavy (non-hydrogen) atoms. The van der Waals surface area contributed by atoms with Gasteiger partial charge in [-0.3, -0.25) is 14.4 Å². The molecule has 134 valence electrons. The largest absolute Gasteiger partial charge is 0.467 e. The summed E-state index contributed by atoms with van der Waals surface area (Å²) < 4.78 is 5.34. The zero-order chi connectivity index (χ0) is 18.3. The van der Waals surface area contributed by atoms with E-state index in [4.69, 9.17) is 16.0 Å². The van der Waals surface area contributed by atoms with Gasteiger partial charge in [0.1, 0.15) is 11.8 Å². The number of anilines is 1. The van der Waals surface area contributed by atoms with Crippen molar-refractivity contribution in [3.8, 4) is 0 Å². The average molecular weight is 373 g/mol. The number of hydrogen-bond acceptors (Lipinski definition) is 4. The first kappa shape index (κ1) is 16.8. The van der Waals surface area contributed by atoms with Crippen molar-refractivity contribution < 1.29 is 18.8 Å². The summed E-state index contributed by atoms with van der Waals surface area (Å²) in [5.74, 6) is -0.277. The Bertz CT molecular complexity index is 843. The molecule has 1 saturated carbocycles. The monoisotopic (exact) mass is 372 g/mol. The van der Waals surface area contributed by atoms with Gasteiger partial charge in [-0.05, 0) is 49.2 Å². The van der Waals surface area contributed by atoms with Crippen molar-refractivity contribution >= 4 is 35.0 Å². The average Bonchev–Trinajstić information content (AvgIpc) is 3.27. The molecule has 1 aliphatic heterocycles. The fourth-order valence-corrected chi connectivity index (χ4v) is 3.32. The summed E-state index contributed by atoms with van der Waals surface area (Å²) >= 11 is 5.88. The van der Waals surface area contributed by atoms with Crippen LogP contribution in [0.5, 0.6) is 0 Å². The van der Waals surface area contributed by atoms with Crippen LogP contribution in [0, 0.1) is 5.92 Å². The maximum absolute atomic E-state index is 13.0. The van der Waals surface area contributed by atoms with Crippen molar-refractivity contribution in [2.75, 3.05) is 4.90 Å². The van der Waals surface area contributed by atoms with Crippen LogP contribution in [0.3, 0.4) is 0 Å². The van der Waals surface area contributed by atoms with E-state index in [1.165, 1.54) is 11.2 Å². The second-order valence-corrected chi connectivity index (χ2v) is 7.02. The van der Waals surface area contributed by atoms with E-state index >= 15 is 0 Å². The molecular formula is C19H17ClN2O4. The summed E-state index contributed by atoms with van der Waals surface area (Å²) in [5.41, 5.74) is 0.462. The minimum atomic E-state index is -0.809. The minimum absolute atomic E-state index is 0.0272. The van der Waals surface area contributed by atoms with Crippen LogP contribution in [0.1, 0.15) is 25.0 Å². The molecule has 0 spiro atoms. The highest BCUT2D eigenvalue weighted by molar-refractivity contribution is 6.30. The quantitative estimate of drug-likeness (QED) is 0.756. The Hall–Kier alpha value is -2.60. The molecular weight excluding hydrogens is 356 g/mol. The first-order valence-electron chi connectivity index (χ1n) is 8.50. The first-order valence-corrected chi connectivity index (χ1v) is 8.87. The molecule has 0 N–H and O–H groups in total. The lowest BCUT2D eigenvalue weighted by Crippen LogP contribution is -2.45. The lowest BCUT2D eigenvalue weighted by molar-refractivity contribution is -0.140. The fraction of sp³-hybridized carbons (Fsp3) is 0.316. The van der Waals surface area contributed by atoms with Crippen molar-refractivity contribution in [1.82, 2.24) is 4.90 Å². The summed E-state index contributed by atoms with van der Waals surface area (Å²) in [6.07, 6.45) is 3.14. The van der Waals surface area contributed by atoms with Gasteiger partial charge < -0.3 is 9.32 Å². The highest BCUT2D eigenvalue weighted by Gasteiger charge is 2.47. The first-order chi connectivity index (χ1) is 12.5. The highest BCUT2D eigenvalue weighted by atomic mass is 35.5. The van der Waals surface area contributed by atoms with Gasteiger partial charge in [0.15, 0.2) is 0 Å². The van der Waals surface area contributed by atoms with Crippen molar-refractivity contribution in [3.63, 3.8) is 0 Å². The number of carbonyl (C=O) groups excluding carboxylic acids is 3. The lowest BCUT2D eigenvalue weighted by atomic mass is 10.1. The third-order valence-corrected chi connectivity index (χ3v) is 4.95. The summed E-state index contributed by atoms with van der Waals surface area (Å²) in [6.45, 7) is 0.181. The number of halogens is 1. The summed E-state index contributed by atoms with van der Waals surface area (Å²) in [6, 6.07) is 9.18. The molecule has 1 aromatic heterocycles. The van der Waals surface area contributed by atoms with Gasteiger partial charge in [-0.2, -0.15) is 0 Å². The molecule has 4 rings (SSSR count). The molecule has 7 heteroatoms. The van der Waals surface area contributed by atoms with Crippen LogP contribution in [0.15, 0.2) is 47.1 Å². The van der Waals surface area contributed by atoms with E-state index in [0.717, 1.165) is 17.7 Å². The number of carbonyl (C=O) groups is 3. The Morgan fingerprint density at radius 1 is 1.19 bits per heavy atom. The van der Waals surface area contributed by atoms with E-state index in [1.807, 2.05) is 0 Å². The zero-order valence-corrected chi connectivity index (χ0v) is 14.7. The predicted octanol–water partition coefficient (Wildman–Crippen LogP) is 3.00. The molecule has 1 aliphatic carbocycles. The molecule has 2 aromatic rings. The number of hydrogen-bond donors (Lipinski definition) is 0. The molecule has 2 heterocycles. The molecule has 1 unspecified atom stereocenters. The maximum atomic E-state index is 13.0. The normalized spacial score (nSPS) is 19.9. The molecule has 2 fully saturated rings. The predicted molar refractivity (Wildman–Crippen MR) is 94.3 cm³/mol. The van der Waals surface area contributed by atoms with E-state index in [0.29, 0.717) is 16.5 Å². The van der Waals surface area contributed by atoms with Gasteiger partial charge in [-0.25, -0.2) is 4.90 Å². The number of benzene rings is 1. The van der Waals surface area contributed by atoms with Gasteiger partial charge in [-0.1, -0.05) is 11.6 Å².